The van der Waals surface area contributed by atoms with Crippen LogP contribution < -0.4 is 0 Å². The normalized spacial score (nSPS) is 27.4. The molecule has 0 aromatic heterocycles. The minimum Gasteiger partial charge on any atom is -0.307 e. The van der Waals surface area contributed by atoms with Crippen molar-refractivity contribution in [2.75, 3.05) is 20.1 Å². The van der Waals surface area contributed by atoms with Crippen molar-refractivity contribution >= 4 is 22.7 Å². The molecule has 3 nitrogen and oxygen atoms in total. The maximum absolute atomic E-state index is 11.8. The first-order valence-electron chi connectivity index (χ1n) is 5.87. The van der Waals surface area contributed by atoms with Gasteiger partial charge in [-0.3, -0.25) is 4.79 Å². The second kappa shape index (κ2) is 5.32. The molecule has 0 spiro atoms. The Morgan fingerprint density at radius 1 is 1.56 bits per heavy atom. The number of carbonyl (C=O) groups excluding carboxylic acids is 1. The summed E-state index contributed by atoms with van der Waals surface area (Å²) in [6.45, 7) is 10.3. The van der Waals surface area contributed by atoms with E-state index in [0.29, 0.717) is 5.92 Å². The van der Waals surface area contributed by atoms with E-state index in [1.165, 1.54) is 0 Å². The van der Waals surface area contributed by atoms with Gasteiger partial charge in [0, 0.05) is 0 Å². The van der Waals surface area contributed by atoms with E-state index in [9.17, 15) is 4.79 Å². The Morgan fingerprint density at radius 3 is 2.62 bits per heavy atom. The van der Waals surface area contributed by atoms with Gasteiger partial charge in [-0.25, -0.2) is 4.99 Å². The first-order chi connectivity index (χ1) is 7.40. The Labute approximate surface area is 103 Å². The Hall–Kier alpha value is -0.350. The van der Waals surface area contributed by atoms with Gasteiger partial charge in [-0.2, -0.15) is 0 Å². The molecule has 1 aliphatic heterocycles. The molecule has 0 aromatic carbocycles. The average molecular weight is 242 g/mol. The number of hydrogen-bond acceptors (Lipinski definition) is 3. The van der Waals surface area contributed by atoms with Crippen molar-refractivity contribution in [3.8, 4) is 0 Å². The third-order valence-electron chi connectivity index (χ3n) is 3.47. The van der Waals surface area contributed by atoms with Crippen LogP contribution in [0, 0.1) is 5.92 Å². The summed E-state index contributed by atoms with van der Waals surface area (Å²) in [5.74, 6) is 0.404. The highest BCUT2D eigenvalue weighted by Crippen LogP contribution is 2.41. The molecule has 0 aliphatic carbocycles. The van der Waals surface area contributed by atoms with Crippen LogP contribution in [0.3, 0.4) is 0 Å². The van der Waals surface area contributed by atoms with Gasteiger partial charge in [-0.05, 0) is 46.3 Å². The van der Waals surface area contributed by atoms with E-state index >= 15 is 0 Å². The van der Waals surface area contributed by atoms with Crippen LogP contribution in [0.25, 0.3) is 0 Å². The molecule has 0 saturated heterocycles. The Morgan fingerprint density at radius 2 is 2.19 bits per heavy atom. The summed E-state index contributed by atoms with van der Waals surface area (Å²) in [5.41, 5.74) is 0. The average Bonchev–Trinajstić information content (AvgIpc) is 2.49. The van der Waals surface area contributed by atoms with Crippen LogP contribution in [-0.2, 0) is 4.79 Å². The van der Waals surface area contributed by atoms with Crippen molar-refractivity contribution in [2.45, 2.75) is 38.9 Å². The summed E-state index contributed by atoms with van der Waals surface area (Å²) < 4.78 is -0.335. The molecule has 92 valence electrons. The second-order valence-electron chi connectivity index (χ2n) is 4.73. The van der Waals surface area contributed by atoms with E-state index in [4.69, 9.17) is 0 Å². The number of amides is 1. The maximum atomic E-state index is 11.8. The molecule has 2 unspecified atom stereocenters. The van der Waals surface area contributed by atoms with Crippen LogP contribution in [-0.4, -0.2) is 40.7 Å². The quantitative estimate of drug-likeness (QED) is 0.742. The van der Waals surface area contributed by atoms with Crippen LogP contribution >= 0.6 is 11.8 Å². The molecule has 0 bridgehead atoms. The molecule has 4 heteroatoms. The Kier molecular flexibility index (Phi) is 4.56. The minimum absolute atomic E-state index is 0.0432. The molecule has 1 amide bonds. The first-order valence-corrected chi connectivity index (χ1v) is 6.69. The third-order valence-corrected chi connectivity index (χ3v) is 4.86. The van der Waals surface area contributed by atoms with Gasteiger partial charge in [0.25, 0.3) is 5.91 Å². The van der Waals surface area contributed by atoms with E-state index in [-0.39, 0.29) is 10.7 Å². The van der Waals surface area contributed by atoms with Crippen LogP contribution in [0.2, 0.25) is 0 Å². The molecule has 16 heavy (non-hydrogen) atoms. The summed E-state index contributed by atoms with van der Waals surface area (Å²) in [6.07, 6.45) is 1.04. The van der Waals surface area contributed by atoms with Crippen molar-refractivity contribution in [1.29, 1.82) is 0 Å². The van der Waals surface area contributed by atoms with Crippen LogP contribution in [0.5, 0.6) is 0 Å². The minimum atomic E-state index is -0.335. The van der Waals surface area contributed by atoms with E-state index < -0.39 is 0 Å². The van der Waals surface area contributed by atoms with Crippen LogP contribution in [0.4, 0.5) is 0 Å². The molecule has 1 heterocycles. The molecule has 0 fully saturated rings. The molecule has 1 aliphatic rings. The number of carbonyl (C=O) groups is 1. The SMILES string of the molecule is CCN(C)CCC(C)C1(C)SC(C)=NC1=O. The highest BCUT2D eigenvalue weighted by atomic mass is 32.2. The largest absolute Gasteiger partial charge is 0.307 e. The number of thioether (sulfide) groups is 1. The van der Waals surface area contributed by atoms with Crippen molar-refractivity contribution in [3.63, 3.8) is 0 Å². The molecule has 0 saturated carbocycles. The lowest BCUT2D eigenvalue weighted by molar-refractivity contribution is -0.120. The molecule has 1 rings (SSSR count). The molecule has 0 radical (unpaired) electrons. The highest BCUT2D eigenvalue weighted by molar-refractivity contribution is 8.16. The van der Waals surface area contributed by atoms with E-state index in [0.717, 1.165) is 24.6 Å². The van der Waals surface area contributed by atoms with E-state index in [1.807, 2.05) is 13.8 Å². The zero-order valence-electron chi connectivity index (χ0n) is 10.9. The lowest BCUT2D eigenvalue weighted by atomic mass is 9.91. The lowest BCUT2D eigenvalue weighted by Crippen LogP contribution is -2.36. The summed E-state index contributed by atoms with van der Waals surface area (Å²) in [5, 5.41) is 0.906. The smallest absolute Gasteiger partial charge is 0.263 e. The maximum Gasteiger partial charge on any atom is 0.263 e. The van der Waals surface area contributed by atoms with Gasteiger partial charge in [0.2, 0.25) is 0 Å². The summed E-state index contributed by atoms with van der Waals surface area (Å²) in [4.78, 5) is 18.2. The van der Waals surface area contributed by atoms with Gasteiger partial charge in [-0.15, -0.1) is 0 Å². The Balaban J connectivity index is 2.54. The van der Waals surface area contributed by atoms with E-state index in [2.05, 4.69) is 30.8 Å². The van der Waals surface area contributed by atoms with Crippen molar-refractivity contribution in [2.24, 2.45) is 10.9 Å². The monoisotopic (exact) mass is 242 g/mol. The van der Waals surface area contributed by atoms with Gasteiger partial charge in [-0.1, -0.05) is 25.6 Å². The van der Waals surface area contributed by atoms with Gasteiger partial charge in [0.05, 0.1) is 5.04 Å². The molecular weight excluding hydrogens is 220 g/mol. The van der Waals surface area contributed by atoms with Gasteiger partial charge in [0.15, 0.2) is 0 Å². The predicted octanol–water partition coefficient (Wildman–Crippen LogP) is 2.41. The van der Waals surface area contributed by atoms with E-state index in [1.54, 1.807) is 11.8 Å². The first kappa shape index (κ1) is 13.7. The predicted molar refractivity (Wildman–Crippen MR) is 71.1 cm³/mol. The molecule has 2 atom stereocenters. The molecule has 0 N–H and O–H groups in total. The highest BCUT2D eigenvalue weighted by Gasteiger charge is 2.43. The topological polar surface area (TPSA) is 32.7 Å². The standard InChI is InChI=1S/C12H22N2OS/c1-6-14(5)8-7-9(2)12(4)11(15)13-10(3)16-12/h9H,6-8H2,1-5H3. The van der Waals surface area contributed by atoms with Gasteiger partial charge >= 0.3 is 0 Å². The molecule has 0 aromatic rings. The zero-order chi connectivity index (χ0) is 12.3. The Bertz CT molecular complexity index is 303. The van der Waals surface area contributed by atoms with Crippen molar-refractivity contribution in [3.05, 3.63) is 0 Å². The van der Waals surface area contributed by atoms with Crippen molar-refractivity contribution in [1.82, 2.24) is 4.90 Å². The zero-order valence-corrected chi connectivity index (χ0v) is 11.7. The number of nitrogens with zero attached hydrogens (tertiary/aromatic N) is 2. The number of hydrogen-bond donors (Lipinski definition) is 0. The summed E-state index contributed by atoms with van der Waals surface area (Å²) in [6, 6.07) is 0. The summed E-state index contributed by atoms with van der Waals surface area (Å²) >= 11 is 1.63. The number of rotatable bonds is 5. The van der Waals surface area contributed by atoms with Crippen LogP contribution in [0.15, 0.2) is 4.99 Å². The van der Waals surface area contributed by atoms with Crippen molar-refractivity contribution < 1.29 is 4.79 Å². The summed E-state index contributed by atoms with van der Waals surface area (Å²) in [7, 11) is 2.11. The fourth-order valence-corrected chi connectivity index (χ4v) is 2.98. The lowest BCUT2D eigenvalue weighted by Gasteiger charge is -2.29. The van der Waals surface area contributed by atoms with Gasteiger partial charge < -0.3 is 4.90 Å². The third kappa shape index (κ3) is 2.86. The van der Waals surface area contributed by atoms with Gasteiger partial charge in [0.1, 0.15) is 4.75 Å². The fraction of sp³-hybridized carbons (Fsp3) is 0.833. The second-order valence-corrected chi connectivity index (χ2v) is 6.37. The van der Waals surface area contributed by atoms with Crippen LogP contribution in [0.1, 0.15) is 34.1 Å². The fourth-order valence-electron chi connectivity index (χ4n) is 1.79. The number of aliphatic imine (C=N–C) groups is 1. The molecular formula is C12H22N2OS.